The summed E-state index contributed by atoms with van der Waals surface area (Å²) in [7, 11) is 0. The first kappa shape index (κ1) is 22.0. The van der Waals surface area contributed by atoms with Crippen LogP contribution in [-0.4, -0.2) is 0 Å². The Morgan fingerprint density at radius 1 is 0.500 bits per heavy atom. The van der Waals surface area contributed by atoms with Crippen molar-refractivity contribution in [1.29, 1.82) is 0 Å². The van der Waals surface area contributed by atoms with E-state index >= 15 is 0 Å². The molecule has 0 aromatic carbocycles. The molecular weight excluding hydrogens is 264 g/mol. The molecule has 0 aliphatic rings. The van der Waals surface area contributed by atoms with Crippen LogP contribution in [0.15, 0.2) is 0 Å². The van der Waals surface area contributed by atoms with Crippen molar-refractivity contribution in [3.05, 3.63) is 13.8 Å². The zero-order valence-electron chi connectivity index (χ0n) is 15.7. The van der Waals surface area contributed by atoms with Gasteiger partial charge in [0.15, 0.2) is 0 Å². The Hall–Kier alpha value is 0. The summed E-state index contributed by atoms with van der Waals surface area (Å²) in [5.41, 5.74) is 0. The van der Waals surface area contributed by atoms with Gasteiger partial charge < -0.3 is 0 Å². The summed E-state index contributed by atoms with van der Waals surface area (Å²) >= 11 is 0. The molecular formula is C22H44. The van der Waals surface area contributed by atoms with Crippen LogP contribution in [-0.2, 0) is 0 Å². The fourth-order valence-corrected chi connectivity index (χ4v) is 3.40. The van der Waals surface area contributed by atoms with Gasteiger partial charge in [-0.25, -0.2) is 0 Å². The van der Waals surface area contributed by atoms with Gasteiger partial charge in [-0.3, -0.25) is 0 Å². The number of hydrogen-bond acceptors (Lipinski definition) is 0. The lowest BCUT2D eigenvalue weighted by Gasteiger charge is -2.12. The van der Waals surface area contributed by atoms with E-state index in [-0.39, 0.29) is 0 Å². The van der Waals surface area contributed by atoms with Gasteiger partial charge in [-0.05, 0) is 5.92 Å². The minimum absolute atomic E-state index is 0.950. The maximum Gasteiger partial charge on any atom is -0.0417 e. The van der Waals surface area contributed by atoms with E-state index in [9.17, 15) is 0 Å². The van der Waals surface area contributed by atoms with E-state index in [0.29, 0.717) is 0 Å². The molecule has 0 saturated carbocycles. The summed E-state index contributed by atoms with van der Waals surface area (Å²) in [6.07, 6.45) is 25.2. The molecule has 1 atom stereocenters. The van der Waals surface area contributed by atoms with Crippen LogP contribution < -0.4 is 0 Å². The second-order valence-electron chi connectivity index (χ2n) is 7.15. The van der Waals surface area contributed by atoms with Crippen LogP contribution >= 0.6 is 0 Å². The third-order valence-corrected chi connectivity index (χ3v) is 5.05. The van der Waals surface area contributed by atoms with Crippen molar-refractivity contribution in [2.24, 2.45) is 5.92 Å². The van der Waals surface area contributed by atoms with Crippen LogP contribution in [0.3, 0.4) is 0 Å². The molecule has 0 aliphatic carbocycles. The molecule has 2 radical (unpaired) electrons. The standard InChI is InChI=1S/C22H44/c1-4-7-8-9-10-11-12-13-14-15-16-17-18-19-21-22(6-3)20-5-2/h22H,1-2,4-21H2,3H3. The topological polar surface area (TPSA) is 0 Å². The summed E-state index contributed by atoms with van der Waals surface area (Å²) in [4.78, 5) is 0. The molecule has 0 bridgehead atoms. The minimum Gasteiger partial charge on any atom is -0.0651 e. The van der Waals surface area contributed by atoms with Gasteiger partial charge in [-0.1, -0.05) is 136 Å². The monoisotopic (exact) mass is 308 g/mol. The number of unbranched alkanes of at least 4 members (excludes halogenated alkanes) is 13. The fraction of sp³-hybridized carbons (Fsp3) is 0.909. The van der Waals surface area contributed by atoms with Crippen LogP contribution in [0.2, 0.25) is 0 Å². The molecule has 0 nitrogen and oxygen atoms in total. The van der Waals surface area contributed by atoms with Crippen molar-refractivity contribution < 1.29 is 0 Å². The normalized spacial score (nSPS) is 12.7. The Morgan fingerprint density at radius 3 is 1.27 bits per heavy atom. The molecule has 22 heavy (non-hydrogen) atoms. The predicted molar refractivity (Wildman–Crippen MR) is 103 cm³/mol. The summed E-state index contributed by atoms with van der Waals surface area (Å²) in [6.45, 7) is 10.2. The van der Waals surface area contributed by atoms with Gasteiger partial charge in [0, 0.05) is 0 Å². The molecule has 0 aromatic rings. The zero-order chi connectivity index (χ0) is 16.3. The molecule has 0 heterocycles. The van der Waals surface area contributed by atoms with Crippen molar-refractivity contribution in [3.63, 3.8) is 0 Å². The van der Waals surface area contributed by atoms with Crippen molar-refractivity contribution in [3.8, 4) is 0 Å². The first-order valence-corrected chi connectivity index (χ1v) is 10.4. The Bertz CT molecular complexity index is 184. The first-order chi connectivity index (χ1) is 10.8. The van der Waals surface area contributed by atoms with Gasteiger partial charge in [0.25, 0.3) is 0 Å². The van der Waals surface area contributed by atoms with Crippen LogP contribution in [0.1, 0.15) is 122 Å². The lowest BCUT2D eigenvalue weighted by atomic mass is 9.94. The van der Waals surface area contributed by atoms with Crippen molar-refractivity contribution >= 4 is 0 Å². The summed E-state index contributed by atoms with van der Waals surface area (Å²) in [6, 6.07) is 0. The average molecular weight is 309 g/mol. The Labute approximate surface area is 142 Å². The third kappa shape index (κ3) is 16.4. The van der Waals surface area contributed by atoms with Crippen LogP contribution in [0.5, 0.6) is 0 Å². The summed E-state index contributed by atoms with van der Waals surface area (Å²) in [5.74, 6) is 0.950. The van der Waals surface area contributed by atoms with Crippen LogP contribution in [0.4, 0.5) is 0 Å². The Kier molecular flexibility index (Phi) is 19.0. The second-order valence-corrected chi connectivity index (χ2v) is 7.15. The maximum atomic E-state index is 3.99. The molecule has 0 saturated heterocycles. The van der Waals surface area contributed by atoms with E-state index in [1.807, 2.05) is 0 Å². The lowest BCUT2D eigenvalue weighted by molar-refractivity contribution is 0.413. The van der Waals surface area contributed by atoms with E-state index in [4.69, 9.17) is 0 Å². The molecule has 0 heteroatoms. The van der Waals surface area contributed by atoms with E-state index in [1.165, 1.54) is 103 Å². The molecule has 0 fully saturated rings. The molecule has 0 aromatic heterocycles. The van der Waals surface area contributed by atoms with Gasteiger partial charge >= 0.3 is 0 Å². The highest BCUT2D eigenvalue weighted by atomic mass is 14.1. The van der Waals surface area contributed by atoms with E-state index < -0.39 is 0 Å². The minimum atomic E-state index is 0.950. The SMILES string of the molecule is [CH2]CCCCCCCCCCCCCCCC(CC)CC[CH2]. The number of hydrogen-bond donors (Lipinski definition) is 0. The van der Waals surface area contributed by atoms with Gasteiger partial charge in [0.1, 0.15) is 0 Å². The highest BCUT2D eigenvalue weighted by molar-refractivity contribution is 4.59. The molecule has 0 rings (SSSR count). The molecule has 0 amide bonds. The van der Waals surface area contributed by atoms with E-state index in [1.54, 1.807) is 0 Å². The lowest BCUT2D eigenvalue weighted by Crippen LogP contribution is -1.98. The zero-order valence-corrected chi connectivity index (χ0v) is 15.7. The molecule has 0 spiro atoms. The molecule has 0 N–H and O–H groups in total. The highest BCUT2D eigenvalue weighted by Gasteiger charge is 2.04. The van der Waals surface area contributed by atoms with Crippen molar-refractivity contribution in [1.82, 2.24) is 0 Å². The van der Waals surface area contributed by atoms with Crippen LogP contribution in [0.25, 0.3) is 0 Å². The van der Waals surface area contributed by atoms with Gasteiger partial charge in [0.05, 0.1) is 0 Å². The molecule has 0 aliphatic heterocycles. The average Bonchev–Trinajstić information content (AvgIpc) is 2.54. The second kappa shape index (κ2) is 19.0. The first-order valence-electron chi connectivity index (χ1n) is 10.4. The number of rotatable bonds is 18. The smallest absolute Gasteiger partial charge is 0.0417 e. The van der Waals surface area contributed by atoms with Crippen molar-refractivity contribution in [2.45, 2.75) is 122 Å². The van der Waals surface area contributed by atoms with E-state index in [2.05, 4.69) is 20.8 Å². The highest BCUT2D eigenvalue weighted by Crippen LogP contribution is 2.19. The summed E-state index contributed by atoms with van der Waals surface area (Å²) in [5, 5.41) is 0. The maximum absolute atomic E-state index is 3.99. The largest absolute Gasteiger partial charge is 0.0651 e. The quantitative estimate of drug-likeness (QED) is 0.223. The summed E-state index contributed by atoms with van der Waals surface area (Å²) < 4.78 is 0. The molecule has 1 unspecified atom stereocenters. The predicted octanol–water partition coefficient (Wildman–Crippen LogP) is 8.31. The van der Waals surface area contributed by atoms with E-state index in [0.717, 1.165) is 18.8 Å². The molecule has 132 valence electrons. The third-order valence-electron chi connectivity index (χ3n) is 5.05. The van der Waals surface area contributed by atoms with Gasteiger partial charge in [0.2, 0.25) is 0 Å². The van der Waals surface area contributed by atoms with Crippen LogP contribution in [0, 0.1) is 19.8 Å². The van der Waals surface area contributed by atoms with Gasteiger partial charge in [-0.15, -0.1) is 0 Å². The Balaban J connectivity index is 3.08. The van der Waals surface area contributed by atoms with Crippen molar-refractivity contribution in [2.75, 3.05) is 0 Å². The Morgan fingerprint density at radius 2 is 0.909 bits per heavy atom. The van der Waals surface area contributed by atoms with Gasteiger partial charge in [-0.2, -0.15) is 0 Å². The fourth-order valence-electron chi connectivity index (χ4n) is 3.40.